The van der Waals surface area contributed by atoms with E-state index in [4.69, 9.17) is 16.3 Å². The molecule has 1 fully saturated rings. The summed E-state index contributed by atoms with van der Waals surface area (Å²) in [7, 11) is 0. The van der Waals surface area contributed by atoms with Crippen molar-refractivity contribution >= 4 is 52.8 Å². The summed E-state index contributed by atoms with van der Waals surface area (Å²) in [5.74, 6) is 1.19. The second-order valence-corrected chi connectivity index (χ2v) is 6.55. The van der Waals surface area contributed by atoms with Gasteiger partial charge in [0.2, 0.25) is 5.95 Å². The Hall–Kier alpha value is -2.54. The largest absolute Gasteiger partial charge is 0.378 e. The lowest BCUT2D eigenvalue weighted by atomic mass is 10.2. The van der Waals surface area contributed by atoms with Gasteiger partial charge in [0.05, 0.1) is 23.9 Å². The summed E-state index contributed by atoms with van der Waals surface area (Å²) in [6.45, 7) is 3.40. The zero-order valence-corrected chi connectivity index (χ0v) is 16.7. The Morgan fingerprint density at radius 1 is 0.929 bits per heavy atom. The van der Waals surface area contributed by atoms with Gasteiger partial charge in [0, 0.05) is 30.7 Å². The van der Waals surface area contributed by atoms with Crippen molar-refractivity contribution in [3.05, 3.63) is 65.8 Å². The number of nitrogens with one attached hydrogen (secondary N) is 2. The molecular formula is C20H21Cl2N5O. The summed E-state index contributed by atoms with van der Waals surface area (Å²) in [5, 5.41) is 7.09. The van der Waals surface area contributed by atoms with Crippen LogP contribution in [0.1, 0.15) is 0 Å². The maximum absolute atomic E-state index is 6.19. The van der Waals surface area contributed by atoms with Gasteiger partial charge in [0.1, 0.15) is 5.82 Å². The highest BCUT2D eigenvalue weighted by atomic mass is 35.5. The summed E-state index contributed by atoms with van der Waals surface area (Å²) in [6.07, 6.45) is 1.70. The number of benzene rings is 2. The second kappa shape index (κ2) is 9.59. The number of hydrogen-bond acceptors (Lipinski definition) is 6. The molecule has 0 atom stereocenters. The van der Waals surface area contributed by atoms with Crippen LogP contribution in [0.2, 0.25) is 5.02 Å². The summed E-state index contributed by atoms with van der Waals surface area (Å²) in [6, 6.07) is 17.6. The van der Waals surface area contributed by atoms with Crippen LogP contribution in [0.15, 0.2) is 60.8 Å². The smallest absolute Gasteiger partial charge is 0.229 e. The Morgan fingerprint density at radius 2 is 1.68 bits per heavy atom. The number of morpholine rings is 1. The Labute approximate surface area is 175 Å². The van der Waals surface area contributed by atoms with Crippen LogP contribution in [-0.4, -0.2) is 36.3 Å². The predicted molar refractivity (Wildman–Crippen MR) is 117 cm³/mol. The van der Waals surface area contributed by atoms with Crippen molar-refractivity contribution in [2.24, 2.45) is 0 Å². The molecule has 1 saturated heterocycles. The molecule has 0 aliphatic carbocycles. The third kappa shape index (κ3) is 5.04. The number of anilines is 5. The van der Waals surface area contributed by atoms with Gasteiger partial charge in [-0.2, -0.15) is 4.98 Å². The maximum atomic E-state index is 6.19. The summed E-state index contributed by atoms with van der Waals surface area (Å²) in [5.41, 5.74) is 2.93. The average molecular weight is 418 g/mol. The molecule has 0 bridgehead atoms. The third-order valence-corrected chi connectivity index (χ3v) is 4.62. The van der Waals surface area contributed by atoms with Crippen LogP contribution < -0.4 is 15.5 Å². The molecule has 28 heavy (non-hydrogen) atoms. The van der Waals surface area contributed by atoms with Crippen molar-refractivity contribution in [2.75, 3.05) is 41.8 Å². The molecule has 3 aromatic rings. The molecule has 0 spiro atoms. The van der Waals surface area contributed by atoms with Crippen LogP contribution in [0, 0.1) is 0 Å². The molecular weight excluding hydrogens is 397 g/mol. The normalized spacial score (nSPS) is 13.5. The van der Waals surface area contributed by atoms with Crippen molar-refractivity contribution in [1.29, 1.82) is 0 Å². The molecule has 0 radical (unpaired) electrons. The lowest BCUT2D eigenvalue weighted by Gasteiger charge is -2.28. The van der Waals surface area contributed by atoms with E-state index in [-0.39, 0.29) is 12.4 Å². The van der Waals surface area contributed by atoms with E-state index in [1.54, 1.807) is 12.3 Å². The van der Waals surface area contributed by atoms with E-state index < -0.39 is 0 Å². The highest BCUT2D eigenvalue weighted by molar-refractivity contribution is 6.33. The van der Waals surface area contributed by atoms with Crippen LogP contribution in [0.4, 0.5) is 28.8 Å². The first-order valence-electron chi connectivity index (χ1n) is 8.82. The molecule has 1 aliphatic heterocycles. The van der Waals surface area contributed by atoms with E-state index in [1.807, 2.05) is 36.4 Å². The average Bonchev–Trinajstić information content (AvgIpc) is 2.71. The van der Waals surface area contributed by atoms with Gasteiger partial charge in [-0.1, -0.05) is 23.7 Å². The fourth-order valence-corrected chi connectivity index (χ4v) is 3.08. The standard InChI is InChI=1S/C20H20ClN5O.ClH/c21-17-3-1-2-4-18(17)24-19-9-10-22-20(25-19)23-15-5-7-16(8-6-15)26-11-13-27-14-12-26;/h1-10H,11-14H2,(H2,22,23,24,25);1H. The molecule has 4 rings (SSSR count). The van der Waals surface area contributed by atoms with E-state index >= 15 is 0 Å². The molecule has 2 heterocycles. The third-order valence-electron chi connectivity index (χ3n) is 4.29. The van der Waals surface area contributed by atoms with E-state index in [9.17, 15) is 0 Å². The maximum Gasteiger partial charge on any atom is 0.229 e. The number of ether oxygens (including phenoxy) is 1. The number of para-hydroxylation sites is 1. The summed E-state index contributed by atoms with van der Waals surface area (Å²) in [4.78, 5) is 11.1. The fourth-order valence-electron chi connectivity index (χ4n) is 2.90. The SMILES string of the molecule is Cl.Clc1ccccc1Nc1ccnc(Nc2ccc(N3CCOCC3)cc2)n1. The zero-order chi connectivity index (χ0) is 18.5. The fraction of sp³-hybridized carbons (Fsp3) is 0.200. The van der Waals surface area contributed by atoms with E-state index in [0.717, 1.165) is 37.7 Å². The molecule has 0 unspecified atom stereocenters. The molecule has 0 amide bonds. The first-order valence-corrected chi connectivity index (χ1v) is 9.20. The van der Waals surface area contributed by atoms with Crippen LogP contribution in [-0.2, 0) is 4.74 Å². The predicted octanol–water partition coefficient (Wildman–Crippen LogP) is 4.88. The molecule has 1 aliphatic rings. The number of hydrogen-bond donors (Lipinski definition) is 2. The minimum absolute atomic E-state index is 0. The second-order valence-electron chi connectivity index (χ2n) is 6.14. The van der Waals surface area contributed by atoms with E-state index in [0.29, 0.717) is 16.8 Å². The quantitative estimate of drug-likeness (QED) is 0.616. The summed E-state index contributed by atoms with van der Waals surface area (Å²) < 4.78 is 5.40. The molecule has 8 heteroatoms. The number of aromatic nitrogens is 2. The number of nitrogens with zero attached hydrogens (tertiary/aromatic N) is 3. The van der Waals surface area contributed by atoms with Crippen molar-refractivity contribution in [3.8, 4) is 0 Å². The van der Waals surface area contributed by atoms with Crippen LogP contribution in [0.5, 0.6) is 0 Å². The highest BCUT2D eigenvalue weighted by Gasteiger charge is 2.11. The molecule has 0 saturated carbocycles. The molecule has 1 aromatic heterocycles. The Morgan fingerprint density at radius 3 is 2.43 bits per heavy atom. The van der Waals surface area contributed by atoms with Crippen molar-refractivity contribution in [2.45, 2.75) is 0 Å². The minimum Gasteiger partial charge on any atom is -0.378 e. The minimum atomic E-state index is 0. The lowest BCUT2D eigenvalue weighted by Crippen LogP contribution is -2.36. The van der Waals surface area contributed by atoms with Crippen LogP contribution >= 0.6 is 24.0 Å². The van der Waals surface area contributed by atoms with Gasteiger partial charge >= 0.3 is 0 Å². The van der Waals surface area contributed by atoms with Gasteiger partial charge < -0.3 is 20.3 Å². The number of halogens is 2. The van der Waals surface area contributed by atoms with Crippen molar-refractivity contribution < 1.29 is 4.74 Å². The van der Waals surface area contributed by atoms with Crippen LogP contribution in [0.25, 0.3) is 0 Å². The zero-order valence-electron chi connectivity index (χ0n) is 15.1. The Kier molecular flexibility index (Phi) is 6.92. The van der Waals surface area contributed by atoms with Gasteiger partial charge in [-0.3, -0.25) is 0 Å². The first kappa shape index (κ1) is 20.2. The monoisotopic (exact) mass is 417 g/mol. The van der Waals surface area contributed by atoms with Gasteiger partial charge in [0.25, 0.3) is 0 Å². The van der Waals surface area contributed by atoms with Gasteiger partial charge in [-0.25, -0.2) is 4.98 Å². The Balaban J connectivity index is 0.00000225. The van der Waals surface area contributed by atoms with Crippen LogP contribution in [0.3, 0.4) is 0 Å². The van der Waals surface area contributed by atoms with Gasteiger partial charge in [0.15, 0.2) is 0 Å². The van der Waals surface area contributed by atoms with E-state index in [1.165, 1.54) is 5.69 Å². The molecule has 146 valence electrons. The Bertz CT molecular complexity index is 901. The van der Waals surface area contributed by atoms with E-state index in [2.05, 4.69) is 37.6 Å². The lowest BCUT2D eigenvalue weighted by molar-refractivity contribution is 0.122. The van der Waals surface area contributed by atoms with Crippen molar-refractivity contribution in [1.82, 2.24) is 9.97 Å². The van der Waals surface area contributed by atoms with Gasteiger partial charge in [-0.05, 0) is 42.5 Å². The molecule has 2 aromatic carbocycles. The first-order chi connectivity index (χ1) is 13.3. The number of rotatable bonds is 5. The molecule has 2 N–H and O–H groups in total. The van der Waals surface area contributed by atoms with Gasteiger partial charge in [-0.15, -0.1) is 12.4 Å². The topological polar surface area (TPSA) is 62.3 Å². The highest BCUT2D eigenvalue weighted by Crippen LogP contribution is 2.25. The summed E-state index contributed by atoms with van der Waals surface area (Å²) >= 11 is 6.19. The van der Waals surface area contributed by atoms with Crippen molar-refractivity contribution in [3.63, 3.8) is 0 Å². The molecule has 6 nitrogen and oxygen atoms in total.